The lowest BCUT2D eigenvalue weighted by atomic mass is 10.1. The van der Waals surface area contributed by atoms with E-state index in [1.807, 2.05) is 0 Å². The minimum absolute atomic E-state index is 0.0450. The molecule has 1 aromatic rings. The Morgan fingerprint density at radius 1 is 0.966 bits per heavy atom. The zero-order chi connectivity index (χ0) is 21.2. The second kappa shape index (κ2) is 8.68. The van der Waals surface area contributed by atoms with E-state index in [0.717, 1.165) is 12.8 Å². The maximum Gasteiger partial charge on any atom is 0.282 e. The van der Waals surface area contributed by atoms with Crippen LogP contribution in [0.15, 0.2) is 23.1 Å². The van der Waals surface area contributed by atoms with Gasteiger partial charge in [0.05, 0.1) is 4.90 Å². The summed E-state index contributed by atoms with van der Waals surface area (Å²) in [5.74, 6) is -0.283. The van der Waals surface area contributed by atoms with Crippen molar-refractivity contribution in [1.29, 1.82) is 0 Å². The molecule has 162 valence electrons. The third-order valence-electron chi connectivity index (χ3n) is 5.33. The van der Waals surface area contributed by atoms with Gasteiger partial charge >= 0.3 is 0 Å². The number of aryl methyl sites for hydroxylation is 1. The van der Waals surface area contributed by atoms with Crippen molar-refractivity contribution in [3.8, 4) is 0 Å². The van der Waals surface area contributed by atoms with Crippen LogP contribution in [0.4, 0.5) is 0 Å². The highest BCUT2D eigenvalue weighted by atomic mass is 32.2. The number of carbonyl (C=O) groups is 1. The minimum atomic E-state index is -3.67. The molecule has 11 heteroatoms. The van der Waals surface area contributed by atoms with Gasteiger partial charge in [-0.05, 0) is 37.5 Å². The monoisotopic (exact) mass is 444 g/mol. The smallest absolute Gasteiger partial charge is 0.282 e. The lowest BCUT2D eigenvalue weighted by Crippen LogP contribution is -2.53. The van der Waals surface area contributed by atoms with Gasteiger partial charge in [-0.3, -0.25) is 4.79 Å². The number of sulfonamides is 1. The Balaban J connectivity index is 1.72. The number of amides is 1. The van der Waals surface area contributed by atoms with Crippen LogP contribution in [-0.4, -0.2) is 82.1 Å². The molecule has 1 N–H and O–H groups in total. The summed E-state index contributed by atoms with van der Waals surface area (Å²) in [4.78, 5) is 14.6. The highest BCUT2D eigenvalue weighted by molar-refractivity contribution is 7.89. The first-order chi connectivity index (χ1) is 13.7. The molecule has 2 aliphatic heterocycles. The van der Waals surface area contributed by atoms with Gasteiger partial charge in [-0.25, -0.2) is 13.1 Å². The Morgan fingerprint density at radius 2 is 1.55 bits per heavy atom. The number of rotatable bonds is 6. The molecule has 0 atom stereocenters. The molecule has 0 bridgehead atoms. The SMILES string of the molecule is CCNS(=O)(=O)c1ccc(C)c(C(=O)N2CCN(S(=O)(=O)N3CCCC3)CC2)c1. The van der Waals surface area contributed by atoms with Crippen molar-refractivity contribution in [3.05, 3.63) is 29.3 Å². The van der Waals surface area contributed by atoms with Crippen molar-refractivity contribution in [3.63, 3.8) is 0 Å². The minimum Gasteiger partial charge on any atom is -0.336 e. The molecule has 1 amide bonds. The fraction of sp³-hybridized carbons (Fsp3) is 0.611. The van der Waals surface area contributed by atoms with E-state index in [1.165, 1.54) is 20.7 Å². The molecule has 0 spiro atoms. The molecule has 0 aromatic heterocycles. The summed E-state index contributed by atoms with van der Waals surface area (Å²) in [5.41, 5.74) is 0.998. The molecule has 0 saturated carbocycles. The number of benzene rings is 1. The van der Waals surface area contributed by atoms with E-state index >= 15 is 0 Å². The molecule has 9 nitrogen and oxygen atoms in total. The van der Waals surface area contributed by atoms with Gasteiger partial charge in [0.15, 0.2) is 0 Å². The quantitative estimate of drug-likeness (QED) is 0.683. The van der Waals surface area contributed by atoms with Crippen LogP contribution in [0.2, 0.25) is 0 Å². The Morgan fingerprint density at radius 3 is 2.14 bits per heavy atom. The van der Waals surface area contributed by atoms with Crippen LogP contribution in [0.1, 0.15) is 35.7 Å². The summed E-state index contributed by atoms with van der Waals surface area (Å²) >= 11 is 0. The van der Waals surface area contributed by atoms with Gasteiger partial charge in [0.1, 0.15) is 0 Å². The van der Waals surface area contributed by atoms with Gasteiger partial charge in [-0.1, -0.05) is 13.0 Å². The Kier molecular flexibility index (Phi) is 6.64. The summed E-state index contributed by atoms with van der Waals surface area (Å²) < 4.78 is 55.2. The third-order valence-corrected chi connectivity index (χ3v) is 8.91. The number of hydrogen-bond acceptors (Lipinski definition) is 5. The number of piperazine rings is 1. The Bertz CT molecular complexity index is 964. The standard InChI is InChI=1S/C18H28N4O5S2/c1-3-19-28(24,25)16-7-6-15(2)17(14-16)18(23)20-10-12-22(13-11-20)29(26,27)21-8-4-5-9-21/h6-7,14,19H,3-5,8-13H2,1-2H3. The summed E-state index contributed by atoms with van der Waals surface area (Å²) in [6.07, 6.45) is 1.76. The van der Waals surface area contributed by atoms with E-state index in [9.17, 15) is 21.6 Å². The lowest BCUT2D eigenvalue weighted by Gasteiger charge is -2.36. The van der Waals surface area contributed by atoms with E-state index in [-0.39, 0.29) is 43.5 Å². The molecule has 3 rings (SSSR count). The lowest BCUT2D eigenvalue weighted by molar-refractivity contribution is 0.0693. The van der Waals surface area contributed by atoms with Crippen LogP contribution < -0.4 is 4.72 Å². The summed E-state index contributed by atoms with van der Waals surface area (Å²) in [5, 5.41) is 0. The van der Waals surface area contributed by atoms with E-state index in [4.69, 9.17) is 0 Å². The normalized spacial score (nSPS) is 19.6. The molecular formula is C18H28N4O5S2. The fourth-order valence-electron chi connectivity index (χ4n) is 3.65. The van der Waals surface area contributed by atoms with E-state index < -0.39 is 20.2 Å². The zero-order valence-electron chi connectivity index (χ0n) is 16.8. The van der Waals surface area contributed by atoms with Gasteiger partial charge in [-0.2, -0.15) is 17.0 Å². The largest absolute Gasteiger partial charge is 0.336 e. The predicted molar refractivity (Wildman–Crippen MR) is 109 cm³/mol. The zero-order valence-corrected chi connectivity index (χ0v) is 18.4. The van der Waals surface area contributed by atoms with Gasteiger partial charge in [0.2, 0.25) is 10.0 Å². The molecule has 0 aliphatic carbocycles. The second-order valence-electron chi connectivity index (χ2n) is 7.28. The molecule has 0 radical (unpaired) electrons. The first-order valence-corrected chi connectivity index (χ1v) is 12.7. The van der Waals surface area contributed by atoms with Crippen LogP contribution in [0.3, 0.4) is 0 Å². The number of carbonyl (C=O) groups excluding carboxylic acids is 1. The molecule has 2 heterocycles. The summed E-state index contributed by atoms with van der Waals surface area (Å²) in [6, 6.07) is 4.49. The topological polar surface area (TPSA) is 107 Å². The maximum absolute atomic E-state index is 13.0. The van der Waals surface area contributed by atoms with Crippen LogP contribution in [0, 0.1) is 6.92 Å². The molecule has 2 aliphatic rings. The fourth-order valence-corrected chi connectivity index (χ4v) is 6.38. The predicted octanol–water partition coefficient (Wildman–Crippen LogP) is 0.392. The molecule has 1 aromatic carbocycles. The number of hydrogen-bond donors (Lipinski definition) is 1. The summed E-state index contributed by atoms with van der Waals surface area (Å²) in [6.45, 7) is 5.82. The third kappa shape index (κ3) is 4.64. The maximum atomic E-state index is 13.0. The molecule has 2 fully saturated rings. The van der Waals surface area contributed by atoms with E-state index in [2.05, 4.69) is 4.72 Å². The van der Waals surface area contributed by atoms with Gasteiger partial charge in [0, 0.05) is 51.4 Å². The van der Waals surface area contributed by atoms with E-state index in [1.54, 1.807) is 24.8 Å². The molecule has 0 unspecified atom stereocenters. The number of nitrogens with zero attached hydrogens (tertiary/aromatic N) is 3. The van der Waals surface area contributed by atoms with Crippen LogP contribution in [-0.2, 0) is 20.2 Å². The van der Waals surface area contributed by atoms with Crippen LogP contribution >= 0.6 is 0 Å². The highest BCUT2D eigenvalue weighted by Gasteiger charge is 2.35. The number of nitrogens with one attached hydrogen (secondary N) is 1. The molecule has 2 saturated heterocycles. The van der Waals surface area contributed by atoms with Crippen molar-refractivity contribution in [2.24, 2.45) is 0 Å². The molecular weight excluding hydrogens is 416 g/mol. The van der Waals surface area contributed by atoms with Crippen molar-refractivity contribution in [2.45, 2.75) is 31.6 Å². The van der Waals surface area contributed by atoms with Crippen LogP contribution in [0.5, 0.6) is 0 Å². The van der Waals surface area contributed by atoms with Crippen molar-refractivity contribution < 1.29 is 21.6 Å². The Labute approximate surface area is 172 Å². The molecule has 29 heavy (non-hydrogen) atoms. The van der Waals surface area contributed by atoms with Gasteiger partial charge < -0.3 is 4.90 Å². The van der Waals surface area contributed by atoms with Crippen molar-refractivity contribution in [1.82, 2.24) is 18.2 Å². The summed E-state index contributed by atoms with van der Waals surface area (Å²) in [7, 11) is -7.14. The first-order valence-electron chi connectivity index (χ1n) is 9.81. The average Bonchev–Trinajstić information content (AvgIpc) is 3.23. The highest BCUT2D eigenvalue weighted by Crippen LogP contribution is 2.21. The first kappa shape index (κ1) is 22.2. The van der Waals surface area contributed by atoms with Gasteiger partial charge in [-0.15, -0.1) is 0 Å². The van der Waals surface area contributed by atoms with Crippen molar-refractivity contribution >= 4 is 26.1 Å². The Hall–Kier alpha value is -1.53. The van der Waals surface area contributed by atoms with Gasteiger partial charge in [0.25, 0.3) is 16.1 Å². The second-order valence-corrected chi connectivity index (χ2v) is 11.0. The van der Waals surface area contributed by atoms with Crippen molar-refractivity contribution in [2.75, 3.05) is 45.8 Å². The average molecular weight is 445 g/mol. The van der Waals surface area contributed by atoms with Crippen LogP contribution in [0.25, 0.3) is 0 Å². The van der Waals surface area contributed by atoms with E-state index in [0.29, 0.717) is 24.2 Å².